The smallest absolute Gasteiger partial charge is 0.406 e. The second kappa shape index (κ2) is 15.2. The van der Waals surface area contributed by atoms with E-state index in [1.165, 1.54) is 35.9 Å². The quantitative estimate of drug-likeness (QED) is 0.333. The van der Waals surface area contributed by atoms with E-state index in [0.717, 1.165) is 36.0 Å². The number of carbonyl (C=O) groups is 1. The zero-order chi connectivity index (χ0) is 26.4. The maximum atomic E-state index is 12.3. The number of allylic oxidation sites excluding steroid dienone is 3. The molecule has 5 nitrogen and oxygen atoms in total. The Bertz CT molecular complexity index is 990. The van der Waals surface area contributed by atoms with Gasteiger partial charge in [-0.05, 0) is 66.8 Å². The van der Waals surface area contributed by atoms with Gasteiger partial charge in [0.1, 0.15) is 11.6 Å². The van der Waals surface area contributed by atoms with Crippen molar-refractivity contribution in [3.05, 3.63) is 65.3 Å². The minimum Gasteiger partial charge on any atom is -0.406 e. The van der Waals surface area contributed by atoms with Crippen LogP contribution in [-0.4, -0.2) is 29.3 Å². The Morgan fingerprint density at radius 1 is 1.17 bits per heavy atom. The fourth-order valence-corrected chi connectivity index (χ4v) is 3.43. The molecule has 0 aliphatic heterocycles. The summed E-state index contributed by atoms with van der Waals surface area (Å²) in [7, 11) is 1.78. The molecule has 9 heteroatoms. The molecule has 192 valence electrons. The number of halogens is 4. The van der Waals surface area contributed by atoms with Gasteiger partial charge in [0, 0.05) is 36.5 Å². The molecule has 0 amide bonds. The monoisotopic (exact) mass is 512 g/mol. The molecule has 1 aromatic heterocycles. The molecule has 1 aromatic carbocycles. The summed E-state index contributed by atoms with van der Waals surface area (Å²) >= 11 is 5.13. The molecule has 1 N–H and O–H groups in total. The van der Waals surface area contributed by atoms with E-state index in [-0.39, 0.29) is 18.1 Å². The molecular weight excluding hydrogens is 481 g/mol. The average Bonchev–Trinajstić information content (AvgIpc) is 2.82. The van der Waals surface area contributed by atoms with Gasteiger partial charge < -0.3 is 14.7 Å². The zero-order valence-corrected chi connectivity index (χ0v) is 21.2. The summed E-state index contributed by atoms with van der Waals surface area (Å²) in [5, 5.41) is 9.76. The van der Waals surface area contributed by atoms with E-state index < -0.39 is 6.36 Å². The topological polar surface area (TPSA) is 62.7 Å². The van der Waals surface area contributed by atoms with Gasteiger partial charge in [-0.2, -0.15) is 0 Å². The van der Waals surface area contributed by atoms with Crippen molar-refractivity contribution in [3.63, 3.8) is 0 Å². The molecule has 0 aliphatic rings. The van der Waals surface area contributed by atoms with Crippen molar-refractivity contribution >= 4 is 34.5 Å². The van der Waals surface area contributed by atoms with Gasteiger partial charge >= 0.3 is 6.36 Å². The van der Waals surface area contributed by atoms with Crippen molar-refractivity contribution in [1.29, 1.82) is 0 Å². The molecule has 0 unspecified atom stereocenters. The number of benzene rings is 1. The first-order valence-electron chi connectivity index (χ1n) is 11.3. The Balaban J connectivity index is 0.000000658. The first kappa shape index (κ1) is 30.2. The van der Waals surface area contributed by atoms with Gasteiger partial charge in [0.2, 0.25) is 0 Å². The van der Waals surface area contributed by atoms with Crippen LogP contribution in [0.3, 0.4) is 0 Å². The highest BCUT2D eigenvalue weighted by atomic mass is 35.5. The van der Waals surface area contributed by atoms with E-state index in [1.807, 2.05) is 20.8 Å². The molecule has 0 fully saturated rings. The number of hydrogen-bond acceptors (Lipinski definition) is 5. The van der Waals surface area contributed by atoms with Crippen molar-refractivity contribution in [2.45, 2.75) is 59.4 Å². The highest BCUT2D eigenvalue weighted by molar-refractivity contribution is 6.26. The van der Waals surface area contributed by atoms with Gasteiger partial charge in [-0.25, -0.2) is 4.98 Å². The van der Waals surface area contributed by atoms with Crippen molar-refractivity contribution in [2.24, 2.45) is 0 Å². The highest BCUT2D eigenvalue weighted by Crippen LogP contribution is 2.35. The second-order valence-electron chi connectivity index (χ2n) is 7.43. The molecule has 0 radical (unpaired) electrons. The fraction of sp³-hybridized carbons (Fsp3) is 0.385. The van der Waals surface area contributed by atoms with Crippen LogP contribution < -0.4 is 9.64 Å². The van der Waals surface area contributed by atoms with Crippen LogP contribution in [0.5, 0.6) is 5.75 Å². The van der Waals surface area contributed by atoms with Crippen LogP contribution in [0, 0.1) is 0 Å². The Labute approximate surface area is 209 Å². The highest BCUT2D eigenvalue weighted by Gasteiger charge is 2.31. The predicted molar refractivity (Wildman–Crippen MR) is 135 cm³/mol. The van der Waals surface area contributed by atoms with Gasteiger partial charge in [0.25, 0.3) is 0 Å². The number of hydrogen-bond donors (Lipinski definition) is 1. The summed E-state index contributed by atoms with van der Waals surface area (Å²) in [5.41, 5.74) is 4.57. The number of rotatable bonds is 10. The summed E-state index contributed by atoms with van der Waals surface area (Å²) in [6.45, 7) is 5.90. The number of pyridine rings is 1. The van der Waals surface area contributed by atoms with Crippen LogP contribution in [0.4, 0.5) is 24.7 Å². The third kappa shape index (κ3) is 10.1. The number of aromatic nitrogens is 1. The predicted octanol–water partition coefficient (Wildman–Crippen LogP) is 7.55. The lowest BCUT2D eigenvalue weighted by Crippen LogP contribution is -2.17. The first-order chi connectivity index (χ1) is 16.6. The summed E-state index contributed by atoms with van der Waals surface area (Å²) in [5.74, 6) is 0.451. The fourth-order valence-electron chi connectivity index (χ4n) is 3.29. The number of aliphatic hydroxyl groups excluding tert-OH is 1. The average molecular weight is 513 g/mol. The maximum Gasteiger partial charge on any atom is 0.573 e. The SMILES string of the molecule is CC/C=C(\CC)c1c(CO)ccnc1N(C)c1ccc(OC(F)(F)F)cc1.CCCC(=O)/C=C/Cl. The van der Waals surface area contributed by atoms with Gasteiger partial charge in [0.05, 0.1) is 6.61 Å². The zero-order valence-electron chi connectivity index (χ0n) is 20.4. The molecule has 0 aliphatic carbocycles. The van der Waals surface area contributed by atoms with Crippen LogP contribution in [-0.2, 0) is 11.4 Å². The summed E-state index contributed by atoms with van der Waals surface area (Å²) in [4.78, 5) is 16.7. The molecule has 0 saturated carbocycles. The molecule has 0 saturated heterocycles. The third-order valence-corrected chi connectivity index (χ3v) is 4.99. The summed E-state index contributed by atoms with van der Waals surface area (Å²) < 4.78 is 40.9. The van der Waals surface area contributed by atoms with Gasteiger partial charge in [-0.1, -0.05) is 38.4 Å². The van der Waals surface area contributed by atoms with Gasteiger partial charge in [-0.3, -0.25) is 4.79 Å². The number of ketones is 1. The van der Waals surface area contributed by atoms with E-state index in [1.54, 1.807) is 24.2 Å². The molecular formula is C26H32ClF3N2O3. The third-order valence-electron chi connectivity index (χ3n) is 4.86. The Morgan fingerprint density at radius 2 is 1.83 bits per heavy atom. The van der Waals surface area contributed by atoms with Gasteiger partial charge in [0.15, 0.2) is 5.78 Å². The number of anilines is 2. The van der Waals surface area contributed by atoms with Crippen molar-refractivity contribution < 1.29 is 27.8 Å². The number of carbonyl (C=O) groups excluding carboxylic acids is 1. The van der Waals surface area contributed by atoms with Gasteiger partial charge in [-0.15, -0.1) is 13.2 Å². The number of ether oxygens (including phenoxy) is 1. The van der Waals surface area contributed by atoms with Crippen molar-refractivity contribution in [3.8, 4) is 5.75 Å². The Hall–Kier alpha value is -2.84. The second-order valence-corrected chi connectivity index (χ2v) is 7.68. The minimum atomic E-state index is -4.72. The number of nitrogens with zero attached hydrogens (tertiary/aromatic N) is 2. The Morgan fingerprint density at radius 3 is 2.31 bits per heavy atom. The number of alkyl halides is 3. The molecule has 0 atom stereocenters. The normalized spacial score (nSPS) is 11.7. The van der Waals surface area contributed by atoms with Crippen LogP contribution in [0.1, 0.15) is 57.6 Å². The Kier molecular flexibility index (Phi) is 13.1. The molecule has 2 rings (SSSR count). The minimum absolute atomic E-state index is 0.0995. The summed E-state index contributed by atoms with van der Waals surface area (Å²) in [6, 6.07) is 7.36. The van der Waals surface area contributed by atoms with E-state index in [9.17, 15) is 23.1 Å². The van der Waals surface area contributed by atoms with Crippen LogP contribution in [0.15, 0.2) is 54.2 Å². The molecule has 0 bridgehead atoms. The van der Waals surface area contributed by atoms with E-state index in [2.05, 4.69) is 15.8 Å². The first-order valence-corrected chi connectivity index (χ1v) is 11.7. The van der Waals surface area contributed by atoms with Crippen LogP contribution >= 0.6 is 11.6 Å². The molecule has 35 heavy (non-hydrogen) atoms. The standard InChI is InChI=1S/C20H23F3N2O2.C6H9ClO/c1-4-6-14(5-2)18-15(13-26)11-12-24-19(18)25(3)16-7-9-17(10-8-16)27-20(21,22)23;1-2-3-6(8)4-5-7/h6-12,26H,4-5,13H2,1-3H3;4-5H,2-3H2,1H3/b14-6+;5-4+. The largest absolute Gasteiger partial charge is 0.573 e. The van der Waals surface area contributed by atoms with E-state index >= 15 is 0 Å². The maximum absolute atomic E-state index is 12.3. The summed E-state index contributed by atoms with van der Waals surface area (Å²) in [6.07, 6.45) is 3.46. The lowest BCUT2D eigenvalue weighted by molar-refractivity contribution is -0.274. The van der Waals surface area contributed by atoms with E-state index in [4.69, 9.17) is 11.6 Å². The van der Waals surface area contributed by atoms with Crippen molar-refractivity contribution in [1.82, 2.24) is 4.98 Å². The molecule has 0 spiro atoms. The molecule has 2 aromatic rings. The lowest BCUT2D eigenvalue weighted by atomic mass is 9.97. The molecule has 1 heterocycles. The van der Waals surface area contributed by atoms with Crippen LogP contribution in [0.2, 0.25) is 0 Å². The number of aliphatic hydroxyl groups is 1. The lowest BCUT2D eigenvalue weighted by Gasteiger charge is -2.24. The van der Waals surface area contributed by atoms with Crippen LogP contribution in [0.25, 0.3) is 5.57 Å². The van der Waals surface area contributed by atoms with E-state index in [0.29, 0.717) is 17.9 Å². The van der Waals surface area contributed by atoms with Crippen molar-refractivity contribution in [2.75, 3.05) is 11.9 Å².